The topological polar surface area (TPSA) is 35.5 Å². The first-order valence-corrected chi connectivity index (χ1v) is 5.51. The largest absolute Gasteiger partial charge is 0.493 e. The minimum absolute atomic E-state index is 0.316. The zero-order chi connectivity index (χ0) is 12.1. The number of rotatable bonds is 4. The van der Waals surface area contributed by atoms with Gasteiger partial charge in [0.25, 0.3) is 0 Å². The molecule has 1 rings (SSSR count). The van der Waals surface area contributed by atoms with Crippen molar-refractivity contribution in [1.29, 1.82) is 0 Å². The third-order valence-corrected chi connectivity index (χ3v) is 2.22. The van der Waals surface area contributed by atoms with Crippen molar-refractivity contribution in [3.63, 3.8) is 0 Å². The average Bonchev–Trinajstić information content (AvgIpc) is 2.17. The number of hydrogen-bond donors (Lipinski definition) is 0. The van der Waals surface area contributed by atoms with Crippen molar-refractivity contribution in [1.82, 2.24) is 0 Å². The predicted molar refractivity (Wildman–Crippen MR) is 63.0 cm³/mol. The number of benzene rings is 1. The van der Waals surface area contributed by atoms with Crippen LogP contribution in [0.4, 0.5) is 0 Å². The summed E-state index contributed by atoms with van der Waals surface area (Å²) in [7, 11) is 0. The van der Waals surface area contributed by atoms with Crippen molar-refractivity contribution in [3.05, 3.63) is 28.8 Å². The van der Waals surface area contributed by atoms with Gasteiger partial charge in [0, 0.05) is 0 Å². The quantitative estimate of drug-likeness (QED) is 0.735. The van der Waals surface area contributed by atoms with E-state index in [1.165, 1.54) is 0 Å². The summed E-state index contributed by atoms with van der Waals surface area (Å²) in [6.07, 6.45) is 0. The molecular formula is C13H18O3. The summed E-state index contributed by atoms with van der Waals surface area (Å²) in [5.74, 6) is 0.293. The lowest BCUT2D eigenvalue weighted by molar-refractivity contribution is 0.0521. The van der Waals surface area contributed by atoms with Gasteiger partial charge in [-0.1, -0.05) is 6.07 Å². The molecule has 3 nitrogen and oxygen atoms in total. The molecule has 16 heavy (non-hydrogen) atoms. The maximum atomic E-state index is 11.8. The molecule has 0 unspecified atom stereocenters. The molecule has 0 aliphatic heterocycles. The van der Waals surface area contributed by atoms with Gasteiger partial charge in [-0.3, -0.25) is 0 Å². The first-order chi connectivity index (χ1) is 7.60. The number of esters is 1. The van der Waals surface area contributed by atoms with Crippen molar-refractivity contribution >= 4 is 5.97 Å². The van der Waals surface area contributed by atoms with Gasteiger partial charge >= 0.3 is 5.97 Å². The van der Waals surface area contributed by atoms with Gasteiger partial charge in [0.2, 0.25) is 0 Å². The van der Waals surface area contributed by atoms with Crippen LogP contribution < -0.4 is 4.74 Å². The van der Waals surface area contributed by atoms with E-state index in [1.54, 1.807) is 6.92 Å². The minimum Gasteiger partial charge on any atom is -0.493 e. The van der Waals surface area contributed by atoms with Crippen LogP contribution in [-0.2, 0) is 4.74 Å². The minimum atomic E-state index is -0.316. The summed E-state index contributed by atoms with van der Waals surface area (Å²) < 4.78 is 10.5. The number of carbonyl (C=O) groups is 1. The third kappa shape index (κ3) is 2.75. The van der Waals surface area contributed by atoms with Crippen LogP contribution in [0, 0.1) is 13.8 Å². The lowest BCUT2D eigenvalue weighted by atomic mass is 10.0. The summed E-state index contributed by atoms with van der Waals surface area (Å²) in [5.41, 5.74) is 2.50. The summed E-state index contributed by atoms with van der Waals surface area (Å²) in [4.78, 5) is 11.8. The maximum absolute atomic E-state index is 11.8. The Morgan fingerprint density at radius 1 is 1.19 bits per heavy atom. The van der Waals surface area contributed by atoms with Gasteiger partial charge in [-0.25, -0.2) is 4.79 Å². The second-order valence-electron chi connectivity index (χ2n) is 3.61. The number of ether oxygens (including phenoxy) is 2. The van der Waals surface area contributed by atoms with Gasteiger partial charge < -0.3 is 9.47 Å². The molecule has 0 fully saturated rings. The fourth-order valence-corrected chi connectivity index (χ4v) is 1.66. The second-order valence-corrected chi connectivity index (χ2v) is 3.61. The monoisotopic (exact) mass is 222 g/mol. The molecule has 0 aliphatic rings. The van der Waals surface area contributed by atoms with E-state index in [1.807, 2.05) is 32.9 Å². The molecule has 0 spiro atoms. The van der Waals surface area contributed by atoms with Gasteiger partial charge in [-0.15, -0.1) is 0 Å². The van der Waals surface area contributed by atoms with Gasteiger partial charge in [0.15, 0.2) is 0 Å². The molecule has 88 valence electrons. The van der Waals surface area contributed by atoms with Crippen molar-refractivity contribution < 1.29 is 14.3 Å². The summed E-state index contributed by atoms with van der Waals surface area (Å²) in [5, 5.41) is 0. The Balaban J connectivity index is 3.18. The number of carbonyl (C=O) groups excluding carboxylic acids is 1. The fraction of sp³-hybridized carbons (Fsp3) is 0.462. The Hall–Kier alpha value is -1.51. The first kappa shape index (κ1) is 12.6. The maximum Gasteiger partial charge on any atom is 0.342 e. The molecule has 0 heterocycles. The Kier molecular flexibility index (Phi) is 4.35. The number of hydrogen-bond acceptors (Lipinski definition) is 3. The van der Waals surface area contributed by atoms with Crippen LogP contribution in [-0.4, -0.2) is 19.2 Å². The molecule has 0 saturated carbocycles. The highest BCUT2D eigenvalue weighted by Crippen LogP contribution is 2.25. The highest BCUT2D eigenvalue weighted by Gasteiger charge is 2.17. The van der Waals surface area contributed by atoms with Gasteiger partial charge in [-0.2, -0.15) is 0 Å². The summed E-state index contributed by atoms with van der Waals surface area (Å²) in [6.45, 7) is 8.47. The van der Waals surface area contributed by atoms with Crippen LogP contribution in [0.15, 0.2) is 12.1 Å². The molecule has 0 aromatic heterocycles. The Bertz CT molecular complexity index is 383. The van der Waals surface area contributed by atoms with E-state index in [2.05, 4.69) is 0 Å². The molecular weight excluding hydrogens is 204 g/mol. The predicted octanol–water partition coefficient (Wildman–Crippen LogP) is 2.88. The zero-order valence-electron chi connectivity index (χ0n) is 10.3. The van der Waals surface area contributed by atoms with E-state index >= 15 is 0 Å². The van der Waals surface area contributed by atoms with Crippen LogP contribution >= 0.6 is 0 Å². The second kappa shape index (κ2) is 5.54. The van der Waals surface area contributed by atoms with Gasteiger partial charge in [0.05, 0.1) is 13.2 Å². The van der Waals surface area contributed by atoms with Crippen molar-refractivity contribution in [3.8, 4) is 5.75 Å². The SMILES string of the molecule is CCOC(=O)c1c(C)cc(C)cc1OCC. The third-order valence-electron chi connectivity index (χ3n) is 2.22. The van der Waals surface area contributed by atoms with Crippen molar-refractivity contribution in [2.75, 3.05) is 13.2 Å². The fourth-order valence-electron chi connectivity index (χ4n) is 1.66. The molecule has 0 atom stereocenters. The van der Waals surface area contributed by atoms with E-state index in [-0.39, 0.29) is 5.97 Å². The molecule has 0 bridgehead atoms. The van der Waals surface area contributed by atoms with E-state index in [4.69, 9.17) is 9.47 Å². The van der Waals surface area contributed by atoms with Gasteiger partial charge in [-0.05, 0) is 44.9 Å². The molecule has 0 radical (unpaired) electrons. The molecule has 0 amide bonds. The van der Waals surface area contributed by atoms with Crippen LogP contribution in [0.2, 0.25) is 0 Å². The normalized spacial score (nSPS) is 10.0. The molecule has 3 heteroatoms. The summed E-state index contributed by atoms with van der Waals surface area (Å²) >= 11 is 0. The van der Waals surface area contributed by atoms with Crippen LogP contribution in [0.25, 0.3) is 0 Å². The van der Waals surface area contributed by atoms with E-state index in [0.29, 0.717) is 24.5 Å². The Morgan fingerprint density at radius 3 is 2.44 bits per heavy atom. The molecule has 1 aromatic carbocycles. The molecule has 1 aromatic rings. The highest BCUT2D eigenvalue weighted by atomic mass is 16.5. The van der Waals surface area contributed by atoms with Gasteiger partial charge in [0.1, 0.15) is 11.3 Å². The van der Waals surface area contributed by atoms with Crippen molar-refractivity contribution in [2.24, 2.45) is 0 Å². The lowest BCUT2D eigenvalue weighted by Crippen LogP contribution is -2.10. The molecule has 0 N–H and O–H groups in total. The van der Waals surface area contributed by atoms with Crippen LogP contribution in [0.5, 0.6) is 5.75 Å². The van der Waals surface area contributed by atoms with E-state index < -0.39 is 0 Å². The van der Waals surface area contributed by atoms with Crippen LogP contribution in [0.1, 0.15) is 35.3 Å². The Morgan fingerprint density at radius 2 is 1.88 bits per heavy atom. The highest BCUT2D eigenvalue weighted by molar-refractivity contribution is 5.94. The van der Waals surface area contributed by atoms with Crippen molar-refractivity contribution in [2.45, 2.75) is 27.7 Å². The molecule has 0 saturated heterocycles. The Labute approximate surface area is 96.4 Å². The molecule has 0 aliphatic carbocycles. The average molecular weight is 222 g/mol. The van der Waals surface area contributed by atoms with Crippen LogP contribution in [0.3, 0.4) is 0 Å². The summed E-state index contributed by atoms with van der Waals surface area (Å²) in [6, 6.07) is 3.82. The zero-order valence-corrected chi connectivity index (χ0v) is 10.3. The lowest BCUT2D eigenvalue weighted by Gasteiger charge is -2.13. The van der Waals surface area contributed by atoms with E-state index in [9.17, 15) is 4.79 Å². The standard InChI is InChI=1S/C13H18O3/c1-5-15-11-8-9(3)7-10(4)12(11)13(14)16-6-2/h7-8H,5-6H2,1-4H3. The first-order valence-electron chi connectivity index (χ1n) is 5.51. The number of aryl methyl sites for hydroxylation is 2. The smallest absolute Gasteiger partial charge is 0.342 e. The van der Waals surface area contributed by atoms with E-state index in [0.717, 1.165) is 11.1 Å².